The highest BCUT2D eigenvalue weighted by Gasteiger charge is 2.22. The van der Waals surface area contributed by atoms with Crippen molar-refractivity contribution in [2.45, 2.75) is 59.2 Å². The summed E-state index contributed by atoms with van der Waals surface area (Å²) in [6.07, 6.45) is 4.37. The average molecular weight is 510 g/mol. The van der Waals surface area contributed by atoms with Gasteiger partial charge in [0.15, 0.2) is 0 Å². The Hall–Kier alpha value is -3.70. The van der Waals surface area contributed by atoms with Crippen molar-refractivity contribution in [1.82, 2.24) is 14.5 Å². The maximum atomic E-state index is 12.5. The fourth-order valence-corrected chi connectivity index (χ4v) is 4.85. The van der Waals surface area contributed by atoms with E-state index in [1.165, 1.54) is 12.8 Å². The van der Waals surface area contributed by atoms with E-state index >= 15 is 0 Å². The van der Waals surface area contributed by atoms with Crippen LogP contribution >= 0.6 is 0 Å². The van der Waals surface area contributed by atoms with Crippen molar-refractivity contribution >= 4 is 5.97 Å². The summed E-state index contributed by atoms with van der Waals surface area (Å²) in [5.74, 6) is 0.721. The highest BCUT2D eigenvalue weighted by atomic mass is 16.5. The highest BCUT2D eigenvalue weighted by Crippen LogP contribution is 2.31. The van der Waals surface area contributed by atoms with Gasteiger partial charge < -0.3 is 9.30 Å². The fraction of sp³-hybridized carbons (Fsp3) is 0.333. The van der Waals surface area contributed by atoms with Crippen LogP contribution in [0.4, 0.5) is 0 Å². The first-order valence-corrected chi connectivity index (χ1v) is 13.7. The van der Waals surface area contributed by atoms with Crippen molar-refractivity contribution in [2.24, 2.45) is 0 Å². The zero-order chi connectivity index (χ0) is 26.7. The lowest BCUT2D eigenvalue weighted by Crippen LogP contribution is -2.27. The molecule has 3 aromatic carbocycles. The van der Waals surface area contributed by atoms with Crippen molar-refractivity contribution in [2.75, 3.05) is 13.7 Å². The lowest BCUT2D eigenvalue weighted by molar-refractivity contribution is 0.0598. The van der Waals surface area contributed by atoms with E-state index in [1.807, 2.05) is 36.4 Å². The molecule has 0 atom stereocenters. The molecule has 0 saturated heterocycles. The Labute approximate surface area is 227 Å². The molecule has 0 amide bonds. The van der Waals surface area contributed by atoms with Crippen LogP contribution in [0.3, 0.4) is 0 Å². The lowest BCUT2D eigenvalue weighted by atomic mass is 10.1. The molecule has 1 heterocycles. The number of hydrogen-bond donors (Lipinski definition) is 0. The monoisotopic (exact) mass is 509 g/mol. The summed E-state index contributed by atoms with van der Waals surface area (Å²) in [5, 5.41) is 0. The first kappa shape index (κ1) is 27.3. The number of benzene rings is 3. The van der Waals surface area contributed by atoms with Gasteiger partial charge >= 0.3 is 5.97 Å². The van der Waals surface area contributed by atoms with Crippen LogP contribution in [0.1, 0.15) is 61.1 Å². The molecule has 5 nitrogen and oxygen atoms in total. The van der Waals surface area contributed by atoms with Crippen LogP contribution in [0.2, 0.25) is 0 Å². The van der Waals surface area contributed by atoms with Gasteiger partial charge in [0, 0.05) is 30.8 Å². The first-order chi connectivity index (χ1) is 18.7. The van der Waals surface area contributed by atoms with Crippen LogP contribution in [0.25, 0.3) is 22.6 Å². The second-order valence-electron chi connectivity index (χ2n) is 9.68. The topological polar surface area (TPSA) is 47.4 Å². The minimum absolute atomic E-state index is 0.291. The molecule has 0 fully saturated rings. The highest BCUT2D eigenvalue weighted by molar-refractivity contribution is 5.90. The molecule has 0 unspecified atom stereocenters. The van der Waals surface area contributed by atoms with Gasteiger partial charge in [-0.1, -0.05) is 106 Å². The molecule has 0 bridgehead atoms. The zero-order valence-corrected chi connectivity index (χ0v) is 22.9. The summed E-state index contributed by atoms with van der Waals surface area (Å²) in [4.78, 5) is 20.2. The molecule has 0 radical (unpaired) electrons. The summed E-state index contributed by atoms with van der Waals surface area (Å²) in [5.41, 5.74) is 6.12. The van der Waals surface area contributed by atoms with Crippen LogP contribution in [0, 0.1) is 0 Å². The van der Waals surface area contributed by atoms with Gasteiger partial charge in [-0.25, -0.2) is 9.78 Å². The maximum Gasteiger partial charge on any atom is 0.338 e. The van der Waals surface area contributed by atoms with Crippen LogP contribution < -0.4 is 0 Å². The minimum Gasteiger partial charge on any atom is -0.465 e. The lowest BCUT2D eigenvalue weighted by Gasteiger charge is -2.25. The molecule has 0 spiro atoms. The second-order valence-corrected chi connectivity index (χ2v) is 9.68. The molecular weight excluding hydrogens is 470 g/mol. The predicted octanol–water partition coefficient (Wildman–Crippen LogP) is 7.61. The normalized spacial score (nSPS) is 11.2. The van der Waals surface area contributed by atoms with Crippen molar-refractivity contribution in [3.63, 3.8) is 0 Å². The molecule has 0 N–H and O–H groups in total. The van der Waals surface area contributed by atoms with Gasteiger partial charge in [0.05, 0.1) is 24.1 Å². The first-order valence-electron chi connectivity index (χ1n) is 13.7. The Bertz CT molecular complexity index is 1300. The van der Waals surface area contributed by atoms with Gasteiger partial charge in [0.1, 0.15) is 5.82 Å². The summed E-state index contributed by atoms with van der Waals surface area (Å²) in [6.45, 7) is 7.70. The Kier molecular flexibility index (Phi) is 9.88. The third kappa shape index (κ3) is 6.59. The molecule has 1 aromatic heterocycles. The summed E-state index contributed by atoms with van der Waals surface area (Å²) in [7, 11) is 1.44. The van der Waals surface area contributed by atoms with E-state index in [1.54, 1.807) is 0 Å². The van der Waals surface area contributed by atoms with Crippen molar-refractivity contribution in [3.05, 3.63) is 102 Å². The Morgan fingerprint density at radius 3 is 2.11 bits per heavy atom. The van der Waals surface area contributed by atoms with E-state index in [0.717, 1.165) is 73.5 Å². The molecule has 0 aliphatic rings. The third-order valence-electron chi connectivity index (χ3n) is 6.90. The van der Waals surface area contributed by atoms with E-state index in [-0.39, 0.29) is 5.97 Å². The predicted molar refractivity (Wildman–Crippen MR) is 155 cm³/mol. The number of imidazole rings is 1. The molecule has 0 saturated carbocycles. The second kappa shape index (κ2) is 13.7. The van der Waals surface area contributed by atoms with Crippen LogP contribution in [0.5, 0.6) is 0 Å². The summed E-state index contributed by atoms with van der Waals surface area (Å²) in [6, 6.07) is 28.8. The minimum atomic E-state index is -0.291. The molecule has 0 aliphatic heterocycles. The number of nitrogens with zero attached hydrogens (tertiary/aromatic N) is 3. The van der Waals surface area contributed by atoms with E-state index in [4.69, 9.17) is 9.72 Å². The van der Waals surface area contributed by atoms with Gasteiger partial charge in [0.25, 0.3) is 0 Å². The van der Waals surface area contributed by atoms with Crippen LogP contribution in [-0.2, 0) is 24.4 Å². The fourth-order valence-electron chi connectivity index (χ4n) is 4.85. The SMILES string of the molecule is CCCCN(Cc1ccccc1C(=O)OC)Cc1c(-c2ccccc2)nc(-c2ccccc2)n1CCCC. The number of ether oxygens (including phenoxy) is 1. The summed E-state index contributed by atoms with van der Waals surface area (Å²) >= 11 is 0. The Morgan fingerprint density at radius 1 is 0.816 bits per heavy atom. The van der Waals surface area contributed by atoms with Crippen molar-refractivity contribution in [1.29, 1.82) is 0 Å². The van der Waals surface area contributed by atoms with Crippen molar-refractivity contribution in [3.8, 4) is 22.6 Å². The van der Waals surface area contributed by atoms with Crippen molar-refractivity contribution < 1.29 is 9.53 Å². The average Bonchev–Trinajstić information content (AvgIpc) is 3.33. The molecule has 0 aliphatic carbocycles. The smallest absolute Gasteiger partial charge is 0.338 e. The number of carbonyl (C=O) groups excluding carboxylic acids is 1. The Morgan fingerprint density at radius 2 is 1.45 bits per heavy atom. The van der Waals surface area contributed by atoms with Gasteiger partial charge in [-0.05, 0) is 31.0 Å². The number of aromatic nitrogens is 2. The number of unbranched alkanes of at least 4 members (excludes halogenated alkanes) is 2. The number of rotatable bonds is 13. The maximum absolute atomic E-state index is 12.5. The largest absolute Gasteiger partial charge is 0.465 e. The van der Waals surface area contributed by atoms with Crippen LogP contribution in [-0.4, -0.2) is 34.1 Å². The van der Waals surface area contributed by atoms with E-state index in [9.17, 15) is 4.79 Å². The van der Waals surface area contributed by atoms with Gasteiger partial charge in [-0.15, -0.1) is 0 Å². The molecule has 4 rings (SSSR count). The quantitative estimate of drug-likeness (QED) is 0.174. The van der Waals surface area contributed by atoms with Gasteiger partial charge in [-0.3, -0.25) is 4.90 Å². The van der Waals surface area contributed by atoms with Crippen LogP contribution in [0.15, 0.2) is 84.9 Å². The zero-order valence-electron chi connectivity index (χ0n) is 22.9. The summed E-state index contributed by atoms with van der Waals surface area (Å²) < 4.78 is 7.50. The van der Waals surface area contributed by atoms with E-state index in [0.29, 0.717) is 12.1 Å². The number of methoxy groups -OCH3 is 1. The van der Waals surface area contributed by atoms with Gasteiger partial charge in [0.2, 0.25) is 0 Å². The van der Waals surface area contributed by atoms with E-state index < -0.39 is 0 Å². The number of esters is 1. The number of hydrogen-bond acceptors (Lipinski definition) is 4. The number of carbonyl (C=O) groups is 1. The standard InChI is InChI=1S/C33H39N3O2/c1-4-6-22-35(24-28-20-14-15-21-29(28)33(37)38-3)25-30-31(26-16-10-8-11-17-26)34-32(36(30)23-7-5-2)27-18-12-9-13-19-27/h8-21H,4-7,22-25H2,1-3H3. The molecule has 198 valence electrons. The molecule has 4 aromatic rings. The molecule has 5 heteroatoms. The molecule has 38 heavy (non-hydrogen) atoms. The van der Waals surface area contributed by atoms with E-state index in [2.05, 4.69) is 71.8 Å². The van der Waals surface area contributed by atoms with Gasteiger partial charge in [-0.2, -0.15) is 0 Å². The Balaban J connectivity index is 1.80. The third-order valence-corrected chi connectivity index (χ3v) is 6.90. The molecular formula is C33H39N3O2.